The van der Waals surface area contributed by atoms with Crippen molar-refractivity contribution in [3.63, 3.8) is 0 Å². The van der Waals surface area contributed by atoms with E-state index in [9.17, 15) is 9.59 Å². The van der Waals surface area contributed by atoms with Crippen molar-refractivity contribution in [3.05, 3.63) is 54.6 Å². The second-order valence-electron chi connectivity index (χ2n) is 7.36. The summed E-state index contributed by atoms with van der Waals surface area (Å²) in [6.07, 6.45) is 1.98. The van der Waals surface area contributed by atoms with Crippen molar-refractivity contribution in [2.75, 3.05) is 18.5 Å². The van der Waals surface area contributed by atoms with Gasteiger partial charge in [-0.25, -0.2) is 0 Å². The first-order valence-corrected chi connectivity index (χ1v) is 9.49. The summed E-state index contributed by atoms with van der Waals surface area (Å²) in [5.41, 5.74) is -0.594. The summed E-state index contributed by atoms with van der Waals surface area (Å²) in [5.74, 6) is 0.722. The van der Waals surface area contributed by atoms with Crippen molar-refractivity contribution in [2.24, 2.45) is 5.41 Å². The molecule has 1 saturated heterocycles. The number of carbonyl (C=O) groups is 2. The maximum absolute atomic E-state index is 12.6. The van der Waals surface area contributed by atoms with Crippen LogP contribution in [0.1, 0.15) is 26.7 Å². The summed E-state index contributed by atoms with van der Waals surface area (Å²) in [6, 6.07) is 16.5. The number of carbonyl (C=O) groups excluding carboxylic acids is 2. The summed E-state index contributed by atoms with van der Waals surface area (Å²) >= 11 is 0. The van der Waals surface area contributed by atoms with Crippen LogP contribution >= 0.6 is 0 Å². The Hall–Kier alpha value is -2.86. The smallest absolute Gasteiger partial charge is 0.239 e. The summed E-state index contributed by atoms with van der Waals surface area (Å²) < 4.78 is 11.2. The molecule has 0 spiro atoms. The molecule has 1 aliphatic rings. The number of rotatable bonds is 7. The van der Waals surface area contributed by atoms with Crippen molar-refractivity contribution in [1.82, 2.24) is 5.32 Å². The van der Waals surface area contributed by atoms with Crippen LogP contribution in [0.25, 0.3) is 0 Å². The van der Waals surface area contributed by atoms with E-state index >= 15 is 0 Å². The summed E-state index contributed by atoms with van der Waals surface area (Å²) in [4.78, 5) is 25.1. The van der Waals surface area contributed by atoms with Crippen molar-refractivity contribution in [3.8, 4) is 11.5 Å². The van der Waals surface area contributed by atoms with Crippen molar-refractivity contribution in [1.29, 1.82) is 0 Å². The normalized spacial score (nSPS) is 16.4. The minimum Gasteiger partial charge on any atom is -0.457 e. The lowest BCUT2D eigenvalue weighted by atomic mass is 9.91. The monoisotopic (exact) mass is 382 g/mol. The summed E-state index contributed by atoms with van der Waals surface area (Å²) in [6.45, 7) is 4.38. The van der Waals surface area contributed by atoms with E-state index in [0.29, 0.717) is 18.0 Å². The molecule has 2 aromatic rings. The lowest BCUT2D eigenvalue weighted by Gasteiger charge is -2.23. The second kappa shape index (κ2) is 8.89. The van der Waals surface area contributed by atoms with E-state index in [1.54, 1.807) is 38.1 Å². The van der Waals surface area contributed by atoms with Gasteiger partial charge in [0.15, 0.2) is 0 Å². The number of ether oxygens (including phenoxy) is 2. The Morgan fingerprint density at radius 1 is 1.04 bits per heavy atom. The van der Waals surface area contributed by atoms with E-state index in [2.05, 4.69) is 10.6 Å². The fraction of sp³-hybridized carbons (Fsp3) is 0.364. The highest BCUT2D eigenvalue weighted by Gasteiger charge is 2.36. The highest BCUT2D eigenvalue weighted by Crippen LogP contribution is 2.24. The quantitative estimate of drug-likeness (QED) is 0.715. The fourth-order valence-corrected chi connectivity index (χ4v) is 2.85. The molecule has 28 heavy (non-hydrogen) atoms. The minimum atomic E-state index is -1.20. The topological polar surface area (TPSA) is 76.7 Å². The molecule has 2 N–H and O–H groups in total. The number of hydrogen-bond acceptors (Lipinski definition) is 4. The van der Waals surface area contributed by atoms with Crippen LogP contribution in [-0.4, -0.2) is 31.1 Å². The largest absolute Gasteiger partial charge is 0.457 e. The van der Waals surface area contributed by atoms with Crippen LogP contribution < -0.4 is 15.4 Å². The molecule has 6 nitrogen and oxygen atoms in total. The highest BCUT2D eigenvalue weighted by molar-refractivity contribution is 6.09. The first kappa shape index (κ1) is 19.9. The first-order chi connectivity index (χ1) is 13.4. The standard InChI is InChI=1S/C22H26N2O4/c1-22(2,20(25)23-15-19-9-6-14-27-19)21(26)24-16-10-12-18(13-11-16)28-17-7-4-3-5-8-17/h3-5,7-8,10-13,19H,6,9,14-15H2,1-2H3,(H,23,25)(H,24,26). The van der Waals surface area contributed by atoms with Gasteiger partial charge in [-0.3, -0.25) is 9.59 Å². The number of hydrogen-bond donors (Lipinski definition) is 2. The van der Waals surface area contributed by atoms with Gasteiger partial charge >= 0.3 is 0 Å². The molecule has 0 aromatic heterocycles. The number of amides is 2. The lowest BCUT2D eigenvalue weighted by molar-refractivity contribution is -0.138. The van der Waals surface area contributed by atoms with Gasteiger partial charge in [0.1, 0.15) is 16.9 Å². The first-order valence-electron chi connectivity index (χ1n) is 9.49. The number of benzene rings is 2. The van der Waals surface area contributed by atoms with Gasteiger partial charge in [-0.2, -0.15) is 0 Å². The molecule has 0 radical (unpaired) electrons. The highest BCUT2D eigenvalue weighted by atomic mass is 16.5. The molecule has 1 atom stereocenters. The molecule has 0 bridgehead atoms. The molecule has 2 amide bonds. The maximum atomic E-state index is 12.6. The molecule has 0 saturated carbocycles. The molecule has 1 unspecified atom stereocenters. The number of para-hydroxylation sites is 1. The Labute approximate surface area is 165 Å². The van der Waals surface area contributed by atoms with Gasteiger partial charge in [0.05, 0.1) is 6.10 Å². The van der Waals surface area contributed by atoms with Gasteiger partial charge in [0.25, 0.3) is 0 Å². The van der Waals surface area contributed by atoms with Crippen LogP contribution in [0.5, 0.6) is 11.5 Å². The Kier molecular flexibility index (Phi) is 6.31. The molecule has 6 heteroatoms. The molecule has 1 fully saturated rings. The van der Waals surface area contributed by atoms with Crippen molar-refractivity contribution >= 4 is 17.5 Å². The number of anilines is 1. The lowest BCUT2D eigenvalue weighted by Crippen LogP contribution is -2.47. The summed E-state index contributed by atoms with van der Waals surface area (Å²) in [7, 11) is 0. The zero-order valence-corrected chi connectivity index (χ0v) is 16.2. The number of nitrogens with one attached hydrogen (secondary N) is 2. The third-order valence-corrected chi connectivity index (χ3v) is 4.74. The Balaban J connectivity index is 1.54. The van der Waals surface area contributed by atoms with Gasteiger partial charge in [0.2, 0.25) is 11.8 Å². The molecular weight excluding hydrogens is 356 g/mol. The van der Waals surface area contributed by atoms with Crippen LogP contribution in [0.15, 0.2) is 54.6 Å². The fourth-order valence-electron chi connectivity index (χ4n) is 2.85. The van der Waals surface area contributed by atoms with E-state index in [1.807, 2.05) is 30.3 Å². The Bertz CT molecular complexity index is 797. The van der Waals surface area contributed by atoms with E-state index in [-0.39, 0.29) is 17.9 Å². The van der Waals surface area contributed by atoms with Crippen LogP contribution in [-0.2, 0) is 14.3 Å². The van der Waals surface area contributed by atoms with Gasteiger partial charge in [-0.1, -0.05) is 18.2 Å². The average Bonchev–Trinajstić information content (AvgIpc) is 3.22. The summed E-state index contributed by atoms with van der Waals surface area (Å²) in [5, 5.41) is 5.62. The zero-order chi connectivity index (χ0) is 20.0. The van der Waals surface area contributed by atoms with Crippen LogP contribution in [0, 0.1) is 5.41 Å². The zero-order valence-electron chi connectivity index (χ0n) is 16.2. The van der Waals surface area contributed by atoms with Crippen LogP contribution in [0.4, 0.5) is 5.69 Å². The molecule has 3 rings (SSSR count). The molecule has 1 aliphatic heterocycles. The SMILES string of the molecule is CC(C)(C(=O)NCC1CCCO1)C(=O)Nc1ccc(Oc2ccccc2)cc1. The molecule has 148 valence electrons. The maximum Gasteiger partial charge on any atom is 0.239 e. The van der Waals surface area contributed by atoms with Crippen LogP contribution in [0.2, 0.25) is 0 Å². The average molecular weight is 382 g/mol. The van der Waals surface area contributed by atoms with E-state index in [4.69, 9.17) is 9.47 Å². The minimum absolute atomic E-state index is 0.0416. The van der Waals surface area contributed by atoms with Gasteiger partial charge in [-0.15, -0.1) is 0 Å². The molecular formula is C22H26N2O4. The third kappa shape index (κ3) is 5.10. The predicted octanol–water partition coefficient (Wildman–Crippen LogP) is 3.74. The predicted molar refractivity (Wildman–Crippen MR) is 107 cm³/mol. The van der Waals surface area contributed by atoms with Gasteiger partial charge in [0, 0.05) is 18.8 Å². The van der Waals surface area contributed by atoms with Crippen molar-refractivity contribution in [2.45, 2.75) is 32.8 Å². The van der Waals surface area contributed by atoms with E-state index < -0.39 is 5.41 Å². The van der Waals surface area contributed by atoms with Gasteiger partial charge < -0.3 is 20.1 Å². The van der Waals surface area contributed by atoms with E-state index in [0.717, 1.165) is 25.2 Å². The Morgan fingerprint density at radius 2 is 1.71 bits per heavy atom. The molecule has 1 heterocycles. The molecule has 2 aromatic carbocycles. The molecule has 0 aliphatic carbocycles. The Morgan fingerprint density at radius 3 is 2.36 bits per heavy atom. The van der Waals surface area contributed by atoms with E-state index in [1.165, 1.54) is 0 Å². The van der Waals surface area contributed by atoms with Crippen LogP contribution in [0.3, 0.4) is 0 Å². The third-order valence-electron chi connectivity index (χ3n) is 4.74. The van der Waals surface area contributed by atoms with Gasteiger partial charge in [-0.05, 0) is 63.1 Å². The second-order valence-corrected chi connectivity index (χ2v) is 7.36. The van der Waals surface area contributed by atoms with Crippen molar-refractivity contribution < 1.29 is 19.1 Å².